The lowest BCUT2D eigenvalue weighted by molar-refractivity contribution is -0.146. The quantitative estimate of drug-likeness (QED) is 0.834. The lowest BCUT2D eigenvalue weighted by Gasteiger charge is -2.43. The van der Waals surface area contributed by atoms with Crippen molar-refractivity contribution in [3.63, 3.8) is 0 Å². The van der Waals surface area contributed by atoms with E-state index >= 15 is 0 Å². The highest BCUT2D eigenvalue weighted by molar-refractivity contribution is 5.83. The minimum atomic E-state index is -0.0611. The van der Waals surface area contributed by atoms with Gasteiger partial charge in [0.2, 0.25) is 5.91 Å². The molecule has 2 saturated heterocycles. The maximum absolute atomic E-state index is 12.9. The molecule has 0 bridgehead atoms. The Labute approximate surface area is 117 Å². The van der Waals surface area contributed by atoms with Crippen molar-refractivity contribution in [1.29, 1.82) is 0 Å². The number of rotatable bonds is 4. The van der Waals surface area contributed by atoms with Crippen LogP contribution in [-0.2, 0) is 4.79 Å². The smallest absolute Gasteiger partial charge is 0.228 e. The summed E-state index contributed by atoms with van der Waals surface area (Å²) in [6, 6.07) is 0. The van der Waals surface area contributed by atoms with Gasteiger partial charge in [0.25, 0.3) is 0 Å². The molecular formula is C15H29N3O. The number of likely N-dealkylation sites (N-methyl/N-ethyl adjacent to an activating group) is 1. The van der Waals surface area contributed by atoms with Gasteiger partial charge in [-0.05, 0) is 38.9 Å². The molecule has 0 saturated carbocycles. The van der Waals surface area contributed by atoms with Gasteiger partial charge in [0.1, 0.15) is 0 Å². The number of piperidine rings is 1. The van der Waals surface area contributed by atoms with E-state index in [4.69, 9.17) is 0 Å². The van der Waals surface area contributed by atoms with E-state index in [0.29, 0.717) is 5.91 Å². The van der Waals surface area contributed by atoms with Crippen molar-refractivity contribution in [2.45, 2.75) is 39.5 Å². The molecule has 0 aromatic carbocycles. The van der Waals surface area contributed by atoms with E-state index in [0.717, 1.165) is 71.5 Å². The molecule has 0 aromatic heterocycles. The molecule has 2 fully saturated rings. The molecule has 1 amide bonds. The highest BCUT2D eigenvalue weighted by atomic mass is 16.2. The van der Waals surface area contributed by atoms with Crippen molar-refractivity contribution < 1.29 is 4.79 Å². The molecule has 2 aliphatic heterocycles. The van der Waals surface area contributed by atoms with Crippen molar-refractivity contribution in [3.8, 4) is 0 Å². The molecular weight excluding hydrogens is 238 g/mol. The Morgan fingerprint density at radius 2 is 1.74 bits per heavy atom. The zero-order chi connectivity index (χ0) is 13.7. The Bertz CT molecular complexity index is 286. The SMILES string of the molecule is CCCC1(C(=O)N2CCN(CC)CC2)CCNCC1. The maximum atomic E-state index is 12.9. The van der Waals surface area contributed by atoms with Crippen molar-refractivity contribution in [2.24, 2.45) is 5.41 Å². The number of carbonyl (C=O) groups is 1. The molecule has 110 valence electrons. The Morgan fingerprint density at radius 1 is 1.11 bits per heavy atom. The summed E-state index contributed by atoms with van der Waals surface area (Å²) in [6.45, 7) is 11.4. The number of nitrogens with one attached hydrogen (secondary N) is 1. The fourth-order valence-electron chi connectivity index (χ4n) is 3.56. The van der Waals surface area contributed by atoms with Crippen LogP contribution < -0.4 is 5.32 Å². The summed E-state index contributed by atoms with van der Waals surface area (Å²) >= 11 is 0. The molecule has 19 heavy (non-hydrogen) atoms. The van der Waals surface area contributed by atoms with Gasteiger partial charge in [0.15, 0.2) is 0 Å². The average Bonchev–Trinajstić information content (AvgIpc) is 2.48. The van der Waals surface area contributed by atoms with Crippen molar-refractivity contribution in [2.75, 3.05) is 45.8 Å². The Kier molecular flexibility index (Phi) is 5.22. The minimum absolute atomic E-state index is 0.0611. The standard InChI is InChI=1S/C15H29N3O/c1-3-5-15(6-8-16-9-7-15)14(19)18-12-10-17(4-2)11-13-18/h16H,3-13H2,1-2H3. The first-order valence-corrected chi connectivity index (χ1v) is 7.94. The van der Waals surface area contributed by atoms with Crippen LogP contribution in [0.2, 0.25) is 0 Å². The molecule has 2 aliphatic rings. The number of amides is 1. The predicted molar refractivity (Wildman–Crippen MR) is 78.1 cm³/mol. The van der Waals surface area contributed by atoms with Crippen LogP contribution in [0.25, 0.3) is 0 Å². The lowest BCUT2D eigenvalue weighted by atomic mass is 9.74. The molecule has 0 aromatic rings. The second-order valence-electron chi connectivity index (χ2n) is 6.01. The van der Waals surface area contributed by atoms with E-state index in [1.165, 1.54) is 0 Å². The van der Waals surface area contributed by atoms with Crippen LogP contribution in [0.1, 0.15) is 39.5 Å². The fourth-order valence-corrected chi connectivity index (χ4v) is 3.56. The molecule has 0 unspecified atom stereocenters. The summed E-state index contributed by atoms with van der Waals surface area (Å²) < 4.78 is 0. The third-order valence-electron chi connectivity index (χ3n) is 4.85. The van der Waals surface area contributed by atoms with Crippen LogP contribution in [0.4, 0.5) is 0 Å². The van der Waals surface area contributed by atoms with Gasteiger partial charge < -0.3 is 15.1 Å². The summed E-state index contributed by atoms with van der Waals surface area (Å²) in [4.78, 5) is 17.5. The van der Waals surface area contributed by atoms with E-state index in [1.807, 2.05) is 0 Å². The van der Waals surface area contributed by atoms with Crippen molar-refractivity contribution >= 4 is 5.91 Å². The average molecular weight is 267 g/mol. The molecule has 4 nitrogen and oxygen atoms in total. The molecule has 1 N–H and O–H groups in total. The first kappa shape index (κ1) is 14.8. The molecule has 0 atom stereocenters. The monoisotopic (exact) mass is 267 g/mol. The third-order valence-corrected chi connectivity index (χ3v) is 4.85. The molecule has 2 rings (SSSR count). The molecule has 0 radical (unpaired) electrons. The fraction of sp³-hybridized carbons (Fsp3) is 0.933. The molecule has 0 aliphatic carbocycles. The Balaban J connectivity index is 1.99. The van der Waals surface area contributed by atoms with Gasteiger partial charge in [0, 0.05) is 26.2 Å². The summed E-state index contributed by atoms with van der Waals surface area (Å²) in [6.07, 6.45) is 4.21. The lowest BCUT2D eigenvalue weighted by Crippen LogP contribution is -2.55. The van der Waals surface area contributed by atoms with Crippen LogP contribution in [0.5, 0.6) is 0 Å². The van der Waals surface area contributed by atoms with Gasteiger partial charge in [-0.3, -0.25) is 4.79 Å². The number of carbonyl (C=O) groups excluding carboxylic acids is 1. The van der Waals surface area contributed by atoms with Crippen LogP contribution in [0, 0.1) is 5.41 Å². The van der Waals surface area contributed by atoms with E-state index < -0.39 is 0 Å². The van der Waals surface area contributed by atoms with Gasteiger partial charge in [-0.2, -0.15) is 0 Å². The summed E-state index contributed by atoms with van der Waals surface area (Å²) in [7, 11) is 0. The van der Waals surface area contributed by atoms with Gasteiger partial charge in [0.05, 0.1) is 5.41 Å². The second-order valence-corrected chi connectivity index (χ2v) is 6.01. The minimum Gasteiger partial charge on any atom is -0.340 e. The predicted octanol–water partition coefficient (Wildman–Crippen LogP) is 1.32. The largest absolute Gasteiger partial charge is 0.340 e. The van der Waals surface area contributed by atoms with Gasteiger partial charge in [-0.1, -0.05) is 20.3 Å². The first-order valence-electron chi connectivity index (χ1n) is 7.94. The zero-order valence-electron chi connectivity index (χ0n) is 12.6. The van der Waals surface area contributed by atoms with E-state index in [-0.39, 0.29) is 5.41 Å². The van der Waals surface area contributed by atoms with Crippen molar-refractivity contribution in [1.82, 2.24) is 15.1 Å². The highest BCUT2D eigenvalue weighted by Gasteiger charge is 2.41. The molecule has 0 spiro atoms. The molecule has 2 heterocycles. The maximum Gasteiger partial charge on any atom is 0.228 e. The van der Waals surface area contributed by atoms with Crippen LogP contribution in [0.15, 0.2) is 0 Å². The zero-order valence-corrected chi connectivity index (χ0v) is 12.6. The van der Waals surface area contributed by atoms with Crippen LogP contribution in [-0.4, -0.2) is 61.5 Å². The number of hydrogen-bond acceptors (Lipinski definition) is 3. The number of nitrogens with zero attached hydrogens (tertiary/aromatic N) is 2. The Hall–Kier alpha value is -0.610. The normalized spacial score (nSPS) is 24.4. The number of hydrogen-bond donors (Lipinski definition) is 1. The van der Waals surface area contributed by atoms with E-state index in [1.54, 1.807) is 0 Å². The van der Waals surface area contributed by atoms with E-state index in [2.05, 4.69) is 29.0 Å². The number of piperazine rings is 1. The van der Waals surface area contributed by atoms with Crippen LogP contribution >= 0.6 is 0 Å². The van der Waals surface area contributed by atoms with E-state index in [9.17, 15) is 4.79 Å². The first-order chi connectivity index (χ1) is 9.22. The molecule has 4 heteroatoms. The highest BCUT2D eigenvalue weighted by Crippen LogP contribution is 2.36. The van der Waals surface area contributed by atoms with Gasteiger partial charge in [-0.25, -0.2) is 0 Å². The van der Waals surface area contributed by atoms with Gasteiger partial charge in [-0.15, -0.1) is 0 Å². The summed E-state index contributed by atoms with van der Waals surface area (Å²) in [5.41, 5.74) is -0.0611. The van der Waals surface area contributed by atoms with Crippen molar-refractivity contribution in [3.05, 3.63) is 0 Å². The van der Waals surface area contributed by atoms with Gasteiger partial charge >= 0.3 is 0 Å². The second kappa shape index (κ2) is 6.71. The Morgan fingerprint density at radius 3 is 2.26 bits per heavy atom. The summed E-state index contributed by atoms with van der Waals surface area (Å²) in [5.74, 6) is 0.437. The topological polar surface area (TPSA) is 35.6 Å². The third kappa shape index (κ3) is 3.29. The summed E-state index contributed by atoms with van der Waals surface area (Å²) in [5, 5.41) is 3.39. The van der Waals surface area contributed by atoms with Crippen LogP contribution in [0.3, 0.4) is 0 Å².